The summed E-state index contributed by atoms with van der Waals surface area (Å²) in [7, 11) is 4.15. The lowest BCUT2D eigenvalue weighted by Gasteiger charge is -2.19. The summed E-state index contributed by atoms with van der Waals surface area (Å²) in [6, 6.07) is 8.84. The van der Waals surface area contributed by atoms with E-state index in [9.17, 15) is 0 Å². The Morgan fingerprint density at radius 2 is 1.87 bits per heavy atom. The van der Waals surface area contributed by atoms with Gasteiger partial charge < -0.3 is 9.80 Å². The standard InChI is InChI=1S/C13H20N2/c1-11-8-9-15(10-11)13-6-4-12(5-7-13)14(2)3/h4-7,11H,8-10H2,1-3H3/t11-/m1/s1. The Labute approximate surface area is 92.5 Å². The van der Waals surface area contributed by atoms with Crippen LogP contribution in [-0.2, 0) is 0 Å². The van der Waals surface area contributed by atoms with Gasteiger partial charge in [-0.05, 0) is 36.6 Å². The van der Waals surface area contributed by atoms with Gasteiger partial charge in [0, 0.05) is 38.6 Å². The molecule has 2 nitrogen and oxygen atoms in total. The number of benzene rings is 1. The fourth-order valence-corrected chi connectivity index (χ4v) is 2.13. The lowest BCUT2D eigenvalue weighted by Crippen LogP contribution is -2.19. The third-order valence-corrected chi connectivity index (χ3v) is 3.16. The van der Waals surface area contributed by atoms with Crippen molar-refractivity contribution < 1.29 is 0 Å². The highest BCUT2D eigenvalue weighted by Crippen LogP contribution is 2.25. The van der Waals surface area contributed by atoms with Gasteiger partial charge in [-0.3, -0.25) is 0 Å². The quantitative estimate of drug-likeness (QED) is 0.730. The zero-order valence-corrected chi connectivity index (χ0v) is 9.90. The summed E-state index contributed by atoms with van der Waals surface area (Å²) in [4.78, 5) is 4.61. The predicted octanol–water partition coefficient (Wildman–Crippen LogP) is 2.60. The molecule has 0 aliphatic carbocycles. The number of rotatable bonds is 2. The molecule has 82 valence electrons. The SMILES string of the molecule is C[C@@H]1CCN(c2ccc(N(C)C)cc2)C1. The molecule has 0 bridgehead atoms. The van der Waals surface area contributed by atoms with Crippen molar-refractivity contribution in [2.75, 3.05) is 37.0 Å². The Hall–Kier alpha value is -1.18. The number of nitrogens with zero attached hydrogens (tertiary/aromatic N) is 2. The van der Waals surface area contributed by atoms with Gasteiger partial charge in [0.2, 0.25) is 0 Å². The minimum Gasteiger partial charge on any atom is -0.378 e. The second-order valence-electron chi connectivity index (χ2n) is 4.75. The number of hydrogen-bond acceptors (Lipinski definition) is 2. The van der Waals surface area contributed by atoms with Crippen LogP contribution in [0.15, 0.2) is 24.3 Å². The van der Waals surface area contributed by atoms with Crippen LogP contribution in [0, 0.1) is 5.92 Å². The summed E-state index contributed by atoms with van der Waals surface area (Å²) in [5.41, 5.74) is 2.64. The fraction of sp³-hybridized carbons (Fsp3) is 0.538. The van der Waals surface area contributed by atoms with E-state index in [0.717, 1.165) is 5.92 Å². The molecular formula is C13H20N2. The van der Waals surface area contributed by atoms with E-state index in [2.05, 4.69) is 55.1 Å². The van der Waals surface area contributed by atoms with Crippen molar-refractivity contribution in [1.82, 2.24) is 0 Å². The van der Waals surface area contributed by atoms with Gasteiger partial charge in [-0.1, -0.05) is 6.92 Å². The van der Waals surface area contributed by atoms with Crippen molar-refractivity contribution in [1.29, 1.82) is 0 Å². The lowest BCUT2D eigenvalue weighted by atomic mass is 10.2. The van der Waals surface area contributed by atoms with Gasteiger partial charge >= 0.3 is 0 Å². The van der Waals surface area contributed by atoms with Gasteiger partial charge in [0.1, 0.15) is 0 Å². The average molecular weight is 204 g/mol. The van der Waals surface area contributed by atoms with Crippen molar-refractivity contribution in [3.05, 3.63) is 24.3 Å². The van der Waals surface area contributed by atoms with E-state index in [-0.39, 0.29) is 0 Å². The summed E-state index contributed by atoms with van der Waals surface area (Å²) in [5.74, 6) is 0.846. The topological polar surface area (TPSA) is 6.48 Å². The smallest absolute Gasteiger partial charge is 0.0367 e. The molecular weight excluding hydrogens is 184 g/mol. The first-order valence-corrected chi connectivity index (χ1v) is 5.69. The molecule has 0 spiro atoms. The van der Waals surface area contributed by atoms with E-state index < -0.39 is 0 Å². The number of hydrogen-bond donors (Lipinski definition) is 0. The Balaban J connectivity index is 2.10. The Morgan fingerprint density at radius 1 is 1.20 bits per heavy atom. The van der Waals surface area contributed by atoms with Crippen LogP contribution in [0.5, 0.6) is 0 Å². The highest BCUT2D eigenvalue weighted by atomic mass is 15.1. The van der Waals surface area contributed by atoms with E-state index >= 15 is 0 Å². The molecule has 1 atom stereocenters. The van der Waals surface area contributed by atoms with Crippen LogP contribution >= 0.6 is 0 Å². The second kappa shape index (κ2) is 4.13. The molecule has 1 aromatic carbocycles. The molecule has 15 heavy (non-hydrogen) atoms. The van der Waals surface area contributed by atoms with Crippen LogP contribution in [0.2, 0.25) is 0 Å². The first-order valence-electron chi connectivity index (χ1n) is 5.69. The Bertz CT molecular complexity index is 316. The summed E-state index contributed by atoms with van der Waals surface area (Å²) < 4.78 is 0. The molecule has 1 aliphatic heterocycles. The van der Waals surface area contributed by atoms with Crippen molar-refractivity contribution >= 4 is 11.4 Å². The molecule has 1 aromatic rings. The minimum absolute atomic E-state index is 0.846. The summed E-state index contributed by atoms with van der Waals surface area (Å²) in [6.07, 6.45) is 1.33. The third-order valence-electron chi connectivity index (χ3n) is 3.16. The van der Waals surface area contributed by atoms with Crippen molar-refractivity contribution in [3.63, 3.8) is 0 Å². The molecule has 0 amide bonds. The maximum Gasteiger partial charge on any atom is 0.0367 e. The van der Waals surface area contributed by atoms with Crippen LogP contribution < -0.4 is 9.80 Å². The molecule has 0 N–H and O–H groups in total. The average Bonchev–Trinajstić information content (AvgIpc) is 2.65. The van der Waals surface area contributed by atoms with Crippen LogP contribution in [0.4, 0.5) is 11.4 Å². The van der Waals surface area contributed by atoms with Gasteiger partial charge in [-0.25, -0.2) is 0 Å². The molecule has 1 saturated heterocycles. The van der Waals surface area contributed by atoms with Gasteiger partial charge in [0.25, 0.3) is 0 Å². The summed E-state index contributed by atoms with van der Waals surface area (Å²) >= 11 is 0. The molecule has 0 radical (unpaired) electrons. The maximum atomic E-state index is 2.48. The number of anilines is 2. The zero-order chi connectivity index (χ0) is 10.8. The van der Waals surface area contributed by atoms with Crippen molar-refractivity contribution in [2.24, 2.45) is 5.92 Å². The Morgan fingerprint density at radius 3 is 2.33 bits per heavy atom. The molecule has 1 aliphatic rings. The van der Waals surface area contributed by atoms with Crippen molar-refractivity contribution in [3.8, 4) is 0 Å². The van der Waals surface area contributed by atoms with E-state index in [1.165, 1.54) is 30.9 Å². The van der Waals surface area contributed by atoms with Crippen LogP contribution in [0.25, 0.3) is 0 Å². The van der Waals surface area contributed by atoms with E-state index in [4.69, 9.17) is 0 Å². The van der Waals surface area contributed by atoms with Crippen molar-refractivity contribution in [2.45, 2.75) is 13.3 Å². The lowest BCUT2D eigenvalue weighted by molar-refractivity contribution is 0.659. The first kappa shape index (κ1) is 10.3. The Kier molecular flexibility index (Phi) is 2.85. The predicted molar refractivity (Wildman–Crippen MR) is 66.8 cm³/mol. The minimum atomic E-state index is 0.846. The molecule has 0 aromatic heterocycles. The fourth-order valence-electron chi connectivity index (χ4n) is 2.13. The van der Waals surface area contributed by atoms with Gasteiger partial charge in [-0.2, -0.15) is 0 Å². The third kappa shape index (κ3) is 2.25. The van der Waals surface area contributed by atoms with Crippen LogP contribution in [0.1, 0.15) is 13.3 Å². The van der Waals surface area contributed by atoms with E-state index in [0.29, 0.717) is 0 Å². The molecule has 2 heteroatoms. The van der Waals surface area contributed by atoms with E-state index in [1.54, 1.807) is 0 Å². The normalized spacial score (nSPS) is 20.7. The molecule has 1 heterocycles. The molecule has 0 saturated carbocycles. The first-order chi connectivity index (χ1) is 7.16. The monoisotopic (exact) mass is 204 g/mol. The van der Waals surface area contributed by atoms with E-state index in [1.807, 2.05) is 0 Å². The second-order valence-corrected chi connectivity index (χ2v) is 4.75. The molecule has 2 rings (SSSR count). The molecule has 0 unspecified atom stereocenters. The highest BCUT2D eigenvalue weighted by molar-refractivity contribution is 5.56. The zero-order valence-electron chi connectivity index (χ0n) is 9.90. The highest BCUT2D eigenvalue weighted by Gasteiger charge is 2.18. The van der Waals surface area contributed by atoms with Crippen LogP contribution in [0.3, 0.4) is 0 Å². The maximum absolute atomic E-state index is 2.48. The van der Waals surface area contributed by atoms with Gasteiger partial charge in [0.15, 0.2) is 0 Å². The van der Waals surface area contributed by atoms with Crippen LogP contribution in [-0.4, -0.2) is 27.2 Å². The molecule has 1 fully saturated rings. The summed E-state index contributed by atoms with van der Waals surface area (Å²) in [5, 5.41) is 0. The van der Waals surface area contributed by atoms with Gasteiger partial charge in [0.05, 0.1) is 0 Å². The summed E-state index contributed by atoms with van der Waals surface area (Å²) in [6.45, 7) is 4.75. The largest absolute Gasteiger partial charge is 0.378 e. The van der Waals surface area contributed by atoms with Gasteiger partial charge in [-0.15, -0.1) is 0 Å².